The van der Waals surface area contributed by atoms with Crippen LogP contribution in [0.3, 0.4) is 0 Å². The molecule has 0 aromatic rings. The van der Waals surface area contributed by atoms with Gasteiger partial charge in [-0.3, -0.25) is 0 Å². The van der Waals surface area contributed by atoms with Gasteiger partial charge in [0.25, 0.3) is 0 Å². The van der Waals surface area contributed by atoms with Crippen molar-refractivity contribution in [3.63, 3.8) is 0 Å². The van der Waals surface area contributed by atoms with Crippen molar-refractivity contribution in [1.82, 2.24) is 4.90 Å². The van der Waals surface area contributed by atoms with Gasteiger partial charge in [0.1, 0.15) is 0 Å². The molecular weight excluding hydrogens is 105 g/mol. The average molecular weight is 119 g/mol. The fraction of sp³-hybridized carbons (Fsp3) is 1.00. The van der Waals surface area contributed by atoms with Gasteiger partial charge in [-0.05, 0) is 19.8 Å². The molecule has 0 aliphatic heterocycles. The van der Waals surface area contributed by atoms with Gasteiger partial charge in [-0.1, -0.05) is 6.92 Å². The Morgan fingerprint density at radius 3 is 2.29 bits per heavy atom. The predicted octanol–water partition coefficient (Wildman–Crippen LogP) is 0.813. The minimum atomic E-state index is 1.16. The Labute approximate surface area is 48.3 Å². The molecule has 2 heteroatoms. The van der Waals surface area contributed by atoms with E-state index in [1.807, 2.05) is 0 Å². The van der Waals surface area contributed by atoms with Crippen molar-refractivity contribution in [1.29, 1.82) is 0 Å². The van der Waals surface area contributed by atoms with E-state index in [-0.39, 0.29) is 0 Å². The molecule has 0 aromatic heterocycles. The summed E-state index contributed by atoms with van der Waals surface area (Å²) in [5.41, 5.74) is 0. The Kier molecular flexibility index (Phi) is 4.80. The van der Waals surface area contributed by atoms with Crippen molar-refractivity contribution in [3.05, 3.63) is 0 Å². The van der Waals surface area contributed by atoms with Crippen molar-refractivity contribution in [2.24, 2.45) is 0 Å². The van der Waals surface area contributed by atoms with Crippen molar-refractivity contribution in [2.45, 2.75) is 6.92 Å². The molecule has 1 atom stereocenters. The summed E-state index contributed by atoms with van der Waals surface area (Å²) in [5.74, 6) is 0. The van der Waals surface area contributed by atoms with E-state index in [0.29, 0.717) is 0 Å². The highest BCUT2D eigenvalue weighted by molar-refractivity contribution is 7.16. The molecule has 0 fully saturated rings. The van der Waals surface area contributed by atoms with Gasteiger partial charge in [0.15, 0.2) is 0 Å². The third-order valence-corrected chi connectivity index (χ3v) is 1.31. The Balaban J connectivity index is 2.83. The molecule has 0 radical (unpaired) electrons. The topological polar surface area (TPSA) is 3.24 Å². The summed E-state index contributed by atoms with van der Waals surface area (Å²) in [6, 6.07) is 0. The summed E-state index contributed by atoms with van der Waals surface area (Å²) in [6.07, 6.45) is 1.18. The van der Waals surface area contributed by atoms with Gasteiger partial charge >= 0.3 is 0 Å². The molecule has 0 rings (SSSR count). The van der Waals surface area contributed by atoms with Gasteiger partial charge in [-0.15, -0.1) is 9.24 Å². The van der Waals surface area contributed by atoms with Crippen LogP contribution in [0.4, 0.5) is 0 Å². The van der Waals surface area contributed by atoms with E-state index >= 15 is 0 Å². The van der Waals surface area contributed by atoms with E-state index in [1.54, 1.807) is 0 Å². The summed E-state index contributed by atoms with van der Waals surface area (Å²) in [6.45, 7) is 4.52. The standard InChI is InChI=1S/C5H14NP/c1-3-6(2)4-5-7/h3-5,7H2,1-2H3. The molecule has 0 aliphatic rings. The molecule has 1 nitrogen and oxygen atoms in total. The second kappa shape index (κ2) is 4.55. The molecule has 0 saturated heterocycles. The summed E-state index contributed by atoms with van der Waals surface area (Å²) < 4.78 is 0. The van der Waals surface area contributed by atoms with Crippen molar-refractivity contribution in [2.75, 3.05) is 26.3 Å². The highest BCUT2D eigenvalue weighted by Crippen LogP contribution is 1.83. The fourth-order valence-electron chi connectivity index (χ4n) is 0.379. The third kappa shape index (κ3) is 4.24. The highest BCUT2D eigenvalue weighted by Gasteiger charge is 1.86. The molecule has 0 N–H and O–H groups in total. The van der Waals surface area contributed by atoms with Crippen molar-refractivity contribution in [3.8, 4) is 0 Å². The SMILES string of the molecule is CCN(C)CCP. The van der Waals surface area contributed by atoms with E-state index < -0.39 is 0 Å². The predicted molar refractivity (Wildman–Crippen MR) is 37.7 cm³/mol. The zero-order valence-electron chi connectivity index (χ0n) is 5.15. The fourth-order valence-corrected chi connectivity index (χ4v) is 0.819. The van der Waals surface area contributed by atoms with Crippen LogP contribution in [-0.2, 0) is 0 Å². The largest absolute Gasteiger partial charge is 0.306 e. The van der Waals surface area contributed by atoms with Crippen molar-refractivity contribution < 1.29 is 0 Å². The molecule has 0 aromatic carbocycles. The Morgan fingerprint density at radius 1 is 1.57 bits per heavy atom. The zero-order chi connectivity index (χ0) is 5.70. The van der Waals surface area contributed by atoms with Crippen LogP contribution in [0.5, 0.6) is 0 Å². The van der Waals surface area contributed by atoms with E-state index in [9.17, 15) is 0 Å². The molecule has 1 unspecified atom stereocenters. The Morgan fingerprint density at radius 2 is 2.14 bits per heavy atom. The van der Waals surface area contributed by atoms with Gasteiger partial charge in [-0.25, -0.2) is 0 Å². The maximum absolute atomic E-state index is 2.71. The Hall–Kier alpha value is 0.390. The van der Waals surface area contributed by atoms with Crippen molar-refractivity contribution >= 4 is 9.24 Å². The van der Waals surface area contributed by atoms with Crippen LogP contribution >= 0.6 is 9.24 Å². The second-order valence-corrected chi connectivity index (χ2v) is 2.26. The van der Waals surface area contributed by atoms with E-state index in [0.717, 1.165) is 6.54 Å². The highest BCUT2D eigenvalue weighted by atomic mass is 31.0. The summed E-state index contributed by atoms with van der Waals surface area (Å²) >= 11 is 0. The molecule has 7 heavy (non-hydrogen) atoms. The van der Waals surface area contributed by atoms with Gasteiger partial charge in [-0.2, -0.15) is 0 Å². The van der Waals surface area contributed by atoms with Gasteiger partial charge < -0.3 is 4.90 Å². The maximum Gasteiger partial charge on any atom is 0.00128 e. The first kappa shape index (κ1) is 7.39. The molecule has 0 spiro atoms. The first-order valence-electron chi connectivity index (χ1n) is 2.70. The normalized spacial score (nSPS) is 10.3. The van der Waals surface area contributed by atoms with Gasteiger partial charge in [0, 0.05) is 6.54 Å². The quantitative estimate of drug-likeness (QED) is 0.497. The van der Waals surface area contributed by atoms with E-state index in [1.165, 1.54) is 12.7 Å². The minimum Gasteiger partial charge on any atom is -0.306 e. The van der Waals surface area contributed by atoms with Crippen LogP contribution in [0.25, 0.3) is 0 Å². The summed E-state index contributed by atoms with van der Waals surface area (Å²) in [5, 5.41) is 0. The molecule has 0 amide bonds. The van der Waals surface area contributed by atoms with Crippen LogP contribution in [0, 0.1) is 0 Å². The summed E-state index contributed by atoms with van der Waals surface area (Å²) in [7, 11) is 4.84. The Bertz CT molecular complexity index is 39.1. The first-order valence-corrected chi connectivity index (χ1v) is 3.51. The smallest absolute Gasteiger partial charge is 0.00128 e. The molecule has 0 aliphatic carbocycles. The minimum absolute atomic E-state index is 1.16. The van der Waals surface area contributed by atoms with Crippen LogP contribution in [0.1, 0.15) is 6.92 Å². The lowest BCUT2D eigenvalue weighted by Gasteiger charge is -2.10. The van der Waals surface area contributed by atoms with Gasteiger partial charge in [0.2, 0.25) is 0 Å². The molecule has 0 saturated carbocycles. The number of hydrogen-bond acceptors (Lipinski definition) is 1. The van der Waals surface area contributed by atoms with Crippen LogP contribution < -0.4 is 0 Å². The molecular formula is C5H14NP. The monoisotopic (exact) mass is 119 g/mol. The molecule has 44 valence electrons. The zero-order valence-corrected chi connectivity index (χ0v) is 6.30. The first-order chi connectivity index (χ1) is 3.31. The van der Waals surface area contributed by atoms with E-state index in [4.69, 9.17) is 0 Å². The number of nitrogens with zero attached hydrogens (tertiary/aromatic N) is 1. The second-order valence-electron chi connectivity index (χ2n) is 1.68. The van der Waals surface area contributed by atoms with Crippen LogP contribution in [0.15, 0.2) is 0 Å². The number of hydrogen-bond donors (Lipinski definition) is 0. The van der Waals surface area contributed by atoms with Crippen LogP contribution in [-0.4, -0.2) is 31.2 Å². The van der Waals surface area contributed by atoms with Gasteiger partial charge in [0.05, 0.1) is 0 Å². The lowest BCUT2D eigenvalue weighted by molar-refractivity contribution is 0.376. The van der Waals surface area contributed by atoms with Crippen LogP contribution in [0.2, 0.25) is 0 Å². The molecule has 0 heterocycles. The lowest BCUT2D eigenvalue weighted by Crippen LogP contribution is -2.19. The average Bonchev–Trinajstić information content (AvgIpc) is 1.68. The summed E-state index contributed by atoms with van der Waals surface area (Å²) in [4.78, 5) is 2.28. The van der Waals surface area contributed by atoms with E-state index in [2.05, 4.69) is 28.1 Å². The third-order valence-electron chi connectivity index (χ3n) is 1.05. The number of rotatable bonds is 3. The maximum atomic E-state index is 2.71. The molecule has 0 bridgehead atoms. The lowest BCUT2D eigenvalue weighted by atomic mass is 10.6.